The van der Waals surface area contributed by atoms with Crippen molar-refractivity contribution in [1.82, 2.24) is 5.32 Å². The van der Waals surface area contributed by atoms with Crippen LogP contribution in [0.3, 0.4) is 0 Å². The van der Waals surface area contributed by atoms with E-state index >= 15 is 0 Å². The Morgan fingerprint density at radius 2 is 1.89 bits per heavy atom. The van der Waals surface area contributed by atoms with Gasteiger partial charge in [0.05, 0.1) is 13.2 Å². The molecule has 1 fully saturated rings. The van der Waals surface area contributed by atoms with Gasteiger partial charge in [0.25, 0.3) is 5.91 Å². The fourth-order valence-corrected chi connectivity index (χ4v) is 3.30. The van der Waals surface area contributed by atoms with Gasteiger partial charge in [-0.1, -0.05) is 18.2 Å². The Labute approximate surface area is 160 Å². The van der Waals surface area contributed by atoms with Crippen molar-refractivity contribution in [2.24, 2.45) is 0 Å². The molecule has 0 spiro atoms. The van der Waals surface area contributed by atoms with Crippen LogP contribution in [0.5, 0.6) is 5.75 Å². The topological polar surface area (TPSA) is 88.8 Å². The minimum Gasteiger partial charge on any atom is -0.497 e. The molecule has 0 saturated carbocycles. The van der Waals surface area contributed by atoms with E-state index < -0.39 is 17.6 Å². The fraction of sp³-hybridized carbons (Fsp3) is 0.190. The third-order valence-electron chi connectivity index (χ3n) is 4.73. The summed E-state index contributed by atoms with van der Waals surface area (Å²) in [6.07, 6.45) is 0.163. The van der Waals surface area contributed by atoms with Crippen molar-refractivity contribution >= 4 is 28.5 Å². The highest BCUT2D eigenvalue weighted by atomic mass is 16.5. The van der Waals surface area contributed by atoms with Gasteiger partial charge in [-0.2, -0.15) is 0 Å². The molecule has 0 bridgehead atoms. The molecule has 4 rings (SSSR count). The largest absolute Gasteiger partial charge is 0.497 e. The fourth-order valence-electron chi connectivity index (χ4n) is 3.30. The number of nitrogens with zero attached hydrogens (tertiary/aromatic N) is 1. The molecule has 1 saturated heterocycles. The zero-order valence-corrected chi connectivity index (χ0v) is 15.2. The maximum absolute atomic E-state index is 12.6. The monoisotopic (exact) mass is 378 g/mol. The predicted molar refractivity (Wildman–Crippen MR) is 104 cm³/mol. The molecular weight excluding hydrogens is 360 g/mol. The number of hydrogen-bond acceptors (Lipinski definition) is 5. The Morgan fingerprint density at radius 1 is 1.14 bits per heavy atom. The molecule has 7 heteroatoms. The smallest absolute Gasteiger partial charge is 0.349 e. The van der Waals surface area contributed by atoms with Gasteiger partial charge in [0.15, 0.2) is 0 Å². The van der Waals surface area contributed by atoms with Crippen LogP contribution >= 0.6 is 0 Å². The molecule has 2 aromatic carbocycles. The number of anilines is 1. The van der Waals surface area contributed by atoms with E-state index in [0.717, 1.165) is 5.69 Å². The second-order valence-corrected chi connectivity index (χ2v) is 6.56. The van der Waals surface area contributed by atoms with E-state index in [2.05, 4.69) is 5.32 Å². The summed E-state index contributed by atoms with van der Waals surface area (Å²) >= 11 is 0. The lowest BCUT2D eigenvalue weighted by Crippen LogP contribution is -2.39. The van der Waals surface area contributed by atoms with Crippen molar-refractivity contribution in [3.05, 3.63) is 70.6 Å². The summed E-state index contributed by atoms with van der Waals surface area (Å²) in [5.74, 6) is 0.0539. The van der Waals surface area contributed by atoms with Crippen LogP contribution in [-0.2, 0) is 4.79 Å². The van der Waals surface area contributed by atoms with Crippen LogP contribution in [0.4, 0.5) is 5.69 Å². The van der Waals surface area contributed by atoms with Gasteiger partial charge < -0.3 is 19.4 Å². The van der Waals surface area contributed by atoms with E-state index in [1.807, 2.05) is 0 Å². The van der Waals surface area contributed by atoms with Gasteiger partial charge in [0, 0.05) is 24.0 Å². The van der Waals surface area contributed by atoms with Gasteiger partial charge in [-0.15, -0.1) is 0 Å². The Hall–Kier alpha value is -3.61. The van der Waals surface area contributed by atoms with Crippen LogP contribution in [0.1, 0.15) is 16.8 Å². The Balaban J connectivity index is 1.50. The van der Waals surface area contributed by atoms with Crippen LogP contribution in [-0.4, -0.2) is 31.5 Å². The van der Waals surface area contributed by atoms with Crippen LogP contribution in [0.25, 0.3) is 11.0 Å². The average molecular weight is 378 g/mol. The molecule has 1 aliphatic heterocycles. The predicted octanol–water partition coefficient (Wildman–Crippen LogP) is 2.34. The van der Waals surface area contributed by atoms with Gasteiger partial charge in [0.2, 0.25) is 5.91 Å². The first-order chi connectivity index (χ1) is 13.5. The summed E-state index contributed by atoms with van der Waals surface area (Å²) in [7, 11) is 1.57. The summed E-state index contributed by atoms with van der Waals surface area (Å²) in [4.78, 5) is 38.7. The van der Waals surface area contributed by atoms with E-state index in [9.17, 15) is 14.4 Å². The maximum atomic E-state index is 12.6. The number of hydrogen-bond donors (Lipinski definition) is 1. The first-order valence-corrected chi connectivity index (χ1v) is 8.83. The minimum atomic E-state index is -0.701. The lowest BCUT2D eigenvalue weighted by Gasteiger charge is -2.17. The number of methoxy groups -OCH3 is 1. The van der Waals surface area contributed by atoms with E-state index in [4.69, 9.17) is 9.15 Å². The first kappa shape index (κ1) is 17.8. The number of rotatable bonds is 4. The maximum Gasteiger partial charge on any atom is 0.349 e. The van der Waals surface area contributed by atoms with Gasteiger partial charge in [-0.3, -0.25) is 9.59 Å². The number of carbonyl (C=O) groups is 2. The molecule has 1 atom stereocenters. The molecule has 2 heterocycles. The Kier molecular flexibility index (Phi) is 4.57. The number of nitrogens with one attached hydrogen (secondary N) is 1. The molecule has 0 aliphatic carbocycles. The minimum absolute atomic E-state index is 0.0750. The summed E-state index contributed by atoms with van der Waals surface area (Å²) < 4.78 is 10.3. The van der Waals surface area contributed by atoms with Gasteiger partial charge >= 0.3 is 5.63 Å². The van der Waals surface area contributed by atoms with Crippen molar-refractivity contribution in [3.63, 3.8) is 0 Å². The first-order valence-electron chi connectivity index (χ1n) is 8.83. The highest BCUT2D eigenvalue weighted by molar-refractivity contribution is 5.99. The molecular formula is C21H18N2O5. The normalized spacial score (nSPS) is 16.4. The highest BCUT2D eigenvalue weighted by Gasteiger charge is 2.32. The summed E-state index contributed by atoms with van der Waals surface area (Å²) in [5.41, 5.74) is 0.375. The van der Waals surface area contributed by atoms with Crippen molar-refractivity contribution in [2.45, 2.75) is 12.5 Å². The number of ether oxygens (including phenoxy) is 1. The Bertz CT molecular complexity index is 1100. The number of amides is 2. The third-order valence-corrected chi connectivity index (χ3v) is 4.73. The van der Waals surface area contributed by atoms with Crippen molar-refractivity contribution in [2.75, 3.05) is 18.6 Å². The zero-order valence-electron chi connectivity index (χ0n) is 15.2. The SMILES string of the molecule is COc1ccc(N2C[C@H](NC(=O)c3cc4ccccc4oc3=O)CC2=O)cc1. The second kappa shape index (κ2) is 7.19. The van der Waals surface area contributed by atoms with Gasteiger partial charge in [-0.05, 0) is 36.4 Å². The molecule has 2 amide bonds. The van der Waals surface area contributed by atoms with Gasteiger partial charge in [-0.25, -0.2) is 4.79 Å². The standard InChI is InChI=1S/C21H18N2O5/c1-27-16-8-6-15(7-9-16)23-12-14(11-19(23)24)22-20(25)17-10-13-4-2-3-5-18(13)28-21(17)26/h2-10,14H,11-12H2,1H3,(H,22,25)/t14-/m1/s1. The van der Waals surface area contributed by atoms with E-state index in [-0.39, 0.29) is 17.9 Å². The molecule has 3 aromatic rings. The number of para-hydroxylation sites is 1. The molecule has 1 N–H and O–H groups in total. The molecule has 1 aromatic heterocycles. The van der Waals surface area contributed by atoms with Crippen LogP contribution in [0.15, 0.2) is 63.8 Å². The Morgan fingerprint density at radius 3 is 2.64 bits per heavy atom. The van der Waals surface area contributed by atoms with Crippen LogP contribution in [0, 0.1) is 0 Å². The van der Waals surface area contributed by atoms with E-state index in [1.165, 1.54) is 6.07 Å². The van der Waals surface area contributed by atoms with Crippen molar-refractivity contribution in [1.29, 1.82) is 0 Å². The van der Waals surface area contributed by atoms with Crippen molar-refractivity contribution < 1.29 is 18.7 Å². The lowest BCUT2D eigenvalue weighted by atomic mass is 10.1. The number of fused-ring (bicyclic) bond motifs is 1. The lowest BCUT2D eigenvalue weighted by molar-refractivity contribution is -0.117. The molecule has 28 heavy (non-hydrogen) atoms. The van der Waals surface area contributed by atoms with Gasteiger partial charge in [0.1, 0.15) is 16.9 Å². The summed E-state index contributed by atoms with van der Waals surface area (Å²) in [6, 6.07) is 15.2. The summed E-state index contributed by atoms with van der Waals surface area (Å²) in [5, 5.41) is 3.43. The van der Waals surface area contributed by atoms with Crippen molar-refractivity contribution in [3.8, 4) is 5.75 Å². The van der Waals surface area contributed by atoms with Crippen LogP contribution < -0.4 is 20.6 Å². The number of benzene rings is 2. The molecule has 0 radical (unpaired) electrons. The molecule has 0 unspecified atom stereocenters. The average Bonchev–Trinajstić information content (AvgIpc) is 3.07. The third kappa shape index (κ3) is 3.34. The zero-order chi connectivity index (χ0) is 19.7. The summed E-state index contributed by atoms with van der Waals surface area (Å²) in [6.45, 7) is 0.329. The van der Waals surface area contributed by atoms with E-state index in [0.29, 0.717) is 23.3 Å². The molecule has 1 aliphatic rings. The molecule has 7 nitrogen and oxygen atoms in total. The second-order valence-electron chi connectivity index (χ2n) is 6.56. The van der Waals surface area contributed by atoms with Crippen LogP contribution in [0.2, 0.25) is 0 Å². The highest BCUT2D eigenvalue weighted by Crippen LogP contribution is 2.24. The molecule has 142 valence electrons. The number of carbonyl (C=O) groups excluding carboxylic acids is 2. The van der Waals surface area contributed by atoms with E-state index in [1.54, 1.807) is 60.5 Å². The quantitative estimate of drug-likeness (QED) is 0.704.